The first-order valence-electron chi connectivity index (χ1n) is 10.4. The second-order valence-electron chi connectivity index (χ2n) is 9.00. The number of nitrogens with one attached hydrogen (secondary N) is 1. The molecular formula is C22H30N4O3SSi. The van der Waals surface area contributed by atoms with Crippen molar-refractivity contribution in [3.05, 3.63) is 52.1 Å². The first-order valence-corrected chi connectivity index (χ1v) is 14.1. The SMILES string of the molecule is CC(O[Si](C)(C)C(C)(C)C)c1nnc(CCNC(=O)c2cc(-c3ccccc3)on2)s1. The van der Waals surface area contributed by atoms with Gasteiger partial charge >= 0.3 is 0 Å². The third-order valence-electron chi connectivity index (χ3n) is 5.53. The van der Waals surface area contributed by atoms with Crippen molar-refractivity contribution in [2.75, 3.05) is 6.54 Å². The van der Waals surface area contributed by atoms with Gasteiger partial charge in [-0.3, -0.25) is 4.79 Å². The van der Waals surface area contributed by atoms with Crippen LogP contribution in [-0.2, 0) is 10.8 Å². The highest BCUT2D eigenvalue weighted by Crippen LogP contribution is 2.39. The summed E-state index contributed by atoms with van der Waals surface area (Å²) in [7, 11) is -1.88. The summed E-state index contributed by atoms with van der Waals surface area (Å²) in [6.07, 6.45) is 0.507. The zero-order valence-electron chi connectivity index (χ0n) is 18.9. The van der Waals surface area contributed by atoms with Gasteiger partial charge in [0.2, 0.25) is 0 Å². The van der Waals surface area contributed by atoms with Crippen molar-refractivity contribution >= 4 is 25.6 Å². The fraction of sp³-hybridized carbons (Fsp3) is 0.455. The molecule has 2 aromatic heterocycles. The molecule has 166 valence electrons. The number of aromatic nitrogens is 3. The minimum absolute atomic E-state index is 0.0896. The highest BCUT2D eigenvalue weighted by Gasteiger charge is 2.39. The molecule has 2 heterocycles. The number of nitrogens with zero attached hydrogens (tertiary/aromatic N) is 3. The van der Waals surface area contributed by atoms with Gasteiger partial charge < -0.3 is 14.3 Å². The van der Waals surface area contributed by atoms with Crippen LogP contribution in [0.5, 0.6) is 0 Å². The van der Waals surface area contributed by atoms with Gasteiger partial charge in [-0.15, -0.1) is 10.2 Å². The Bertz CT molecular complexity index is 1010. The lowest BCUT2D eigenvalue weighted by Crippen LogP contribution is -2.41. The van der Waals surface area contributed by atoms with Crippen molar-refractivity contribution in [3.63, 3.8) is 0 Å². The molecule has 0 saturated carbocycles. The van der Waals surface area contributed by atoms with E-state index >= 15 is 0 Å². The maximum absolute atomic E-state index is 12.4. The predicted octanol–water partition coefficient (Wildman–Crippen LogP) is 5.25. The Kier molecular flexibility index (Phi) is 7.08. The van der Waals surface area contributed by atoms with E-state index in [1.54, 1.807) is 6.07 Å². The lowest BCUT2D eigenvalue weighted by Gasteiger charge is -2.37. The Morgan fingerprint density at radius 2 is 1.94 bits per heavy atom. The molecule has 1 N–H and O–H groups in total. The zero-order valence-corrected chi connectivity index (χ0v) is 20.7. The highest BCUT2D eigenvalue weighted by atomic mass is 32.1. The number of amides is 1. The van der Waals surface area contributed by atoms with Gasteiger partial charge in [0, 0.05) is 24.6 Å². The summed E-state index contributed by atoms with van der Waals surface area (Å²) in [5.41, 5.74) is 1.14. The molecule has 0 spiro atoms. The molecule has 1 unspecified atom stereocenters. The number of carbonyl (C=O) groups excluding carboxylic acids is 1. The summed E-state index contributed by atoms with van der Waals surface area (Å²) in [4.78, 5) is 12.4. The van der Waals surface area contributed by atoms with Gasteiger partial charge in [0.1, 0.15) is 10.0 Å². The monoisotopic (exact) mass is 458 g/mol. The molecule has 3 rings (SSSR count). The van der Waals surface area contributed by atoms with Gasteiger partial charge in [0.25, 0.3) is 5.91 Å². The molecule has 7 nitrogen and oxygen atoms in total. The Labute approximate surface area is 188 Å². The minimum atomic E-state index is -1.88. The van der Waals surface area contributed by atoms with E-state index in [9.17, 15) is 4.79 Å². The minimum Gasteiger partial charge on any atom is -0.408 e. The Hall–Kier alpha value is -2.36. The highest BCUT2D eigenvalue weighted by molar-refractivity contribution is 7.11. The maximum atomic E-state index is 12.4. The standard InChI is InChI=1S/C22H30N4O3SSi/c1-15(29-31(5,6)22(2,3)4)21-25-24-19(30-21)12-13-23-20(27)17-14-18(28-26-17)16-10-8-7-9-11-16/h7-11,14-15H,12-13H2,1-6H3,(H,23,27). The molecule has 0 aliphatic rings. The van der Waals surface area contributed by atoms with Gasteiger partial charge in [-0.05, 0) is 25.1 Å². The van der Waals surface area contributed by atoms with Crippen molar-refractivity contribution in [1.29, 1.82) is 0 Å². The second kappa shape index (κ2) is 9.42. The number of rotatable bonds is 8. The molecule has 0 bridgehead atoms. The molecule has 31 heavy (non-hydrogen) atoms. The smallest absolute Gasteiger partial charge is 0.273 e. The van der Waals surface area contributed by atoms with Gasteiger partial charge in [-0.25, -0.2) is 0 Å². The van der Waals surface area contributed by atoms with E-state index in [1.165, 1.54) is 11.3 Å². The van der Waals surface area contributed by atoms with Gasteiger partial charge in [-0.2, -0.15) is 0 Å². The largest absolute Gasteiger partial charge is 0.408 e. The van der Waals surface area contributed by atoms with Gasteiger partial charge in [0.05, 0.1) is 6.10 Å². The molecule has 3 aromatic rings. The van der Waals surface area contributed by atoms with Crippen LogP contribution >= 0.6 is 11.3 Å². The van der Waals surface area contributed by atoms with Crippen molar-refractivity contribution < 1.29 is 13.7 Å². The van der Waals surface area contributed by atoms with Crippen LogP contribution < -0.4 is 5.32 Å². The van der Waals surface area contributed by atoms with E-state index in [1.807, 2.05) is 37.3 Å². The number of hydrogen-bond acceptors (Lipinski definition) is 7. The van der Waals surface area contributed by atoms with Crippen LogP contribution in [0.25, 0.3) is 11.3 Å². The van der Waals surface area contributed by atoms with Crippen LogP contribution in [-0.4, -0.2) is 36.1 Å². The third-order valence-corrected chi connectivity index (χ3v) is 11.2. The average molecular weight is 459 g/mol. The van der Waals surface area contributed by atoms with E-state index in [4.69, 9.17) is 8.95 Å². The van der Waals surface area contributed by atoms with Crippen molar-refractivity contribution in [3.8, 4) is 11.3 Å². The van der Waals surface area contributed by atoms with Gasteiger partial charge in [-0.1, -0.05) is 67.6 Å². The zero-order chi connectivity index (χ0) is 22.6. The molecule has 1 aromatic carbocycles. The first-order chi connectivity index (χ1) is 14.6. The number of benzene rings is 1. The second-order valence-corrected chi connectivity index (χ2v) is 14.9. The molecule has 0 aliphatic heterocycles. The van der Waals surface area contributed by atoms with E-state index in [2.05, 4.69) is 54.5 Å². The fourth-order valence-electron chi connectivity index (χ4n) is 2.70. The fourth-order valence-corrected chi connectivity index (χ4v) is 4.95. The van der Waals surface area contributed by atoms with E-state index in [-0.39, 0.29) is 22.7 Å². The van der Waals surface area contributed by atoms with Crippen molar-refractivity contribution in [1.82, 2.24) is 20.7 Å². The van der Waals surface area contributed by atoms with Crippen LogP contribution in [0.2, 0.25) is 18.1 Å². The topological polar surface area (TPSA) is 90.1 Å². The molecule has 9 heteroatoms. The molecule has 0 saturated heterocycles. The molecule has 1 amide bonds. The average Bonchev–Trinajstić information content (AvgIpc) is 3.37. The van der Waals surface area contributed by atoms with E-state index in [0.29, 0.717) is 18.7 Å². The van der Waals surface area contributed by atoms with Crippen LogP contribution in [0.3, 0.4) is 0 Å². The Morgan fingerprint density at radius 3 is 2.61 bits per heavy atom. The lowest BCUT2D eigenvalue weighted by atomic mass is 10.1. The van der Waals surface area contributed by atoms with E-state index in [0.717, 1.165) is 15.6 Å². The van der Waals surface area contributed by atoms with Crippen LogP contribution in [0.4, 0.5) is 0 Å². The van der Waals surface area contributed by atoms with Crippen molar-refractivity contribution in [2.45, 2.75) is 58.4 Å². The molecule has 1 atom stereocenters. The quantitative estimate of drug-likeness (QED) is 0.464. The first kappa shape index (κ1) is 23.3. The molecule has 0 radical (unpaired) electrons. The lowest BCUT2D eigenvalue weighted by molar-refractivity contribution is 0.0945. The molecule has 0 fully saturated rings. The van der Waals surface area contributed by atoms with Crippen LogP contribution in [0.1, 0.15) is 54.3 Å². The third kappa shape index (κ3) is 5.87. The maximum Gasteiger partial charge on any atom is 0.273 e. The predicted molar refractivity (Wildman–Crippen MR) is 125 cm³/mol. The van der Waals surface area contributed by atoms with Crippen molar-refractivity contribution in [2.24, 2.45) is 0 Å². The van der Waals surface area contributed by atoms with Crippen LogP contribution in [0.15, 0.2) is 40.9 Å². The molecule has 0 aliphatic carbocycles. The van der Waals surface area contributed by atoms with Crippen LogP contribution in [0, 0.1) is 0 Å². The van der Waals surface area contributed by atoms with E-state index < -0.39 is 8.32 Å². The Morgan fingerprint density at radius 1 is 1.23 bits per heavy atom. The normalized spacial score (nSPS) is 13.2. The summed E-state index contributed by atoms with van der Waals surface area (Å²) in [6, 6.07) is 11.2. The summed E-state index contributed by atoms with van der Waals surface area (Å²) >= 11 is 1.53. The number of hydrogen-bond donors (Lipinski definition) is 1. The Balaban J connectivity index is 1.51. The summed E-state index contributed by atoms with van der Waals surface area (Å²) < 4.78 is 11.7. The summed E-state index contributed by atoms with van der Waals surface area (Å²) in [5.74, 6) is 0.292. The van der Waals surface area contributed by atoms with Gasteiger partial charge in [0.15, 0.2) is 19.8 Å². The summed E-state index contributed by atoms with van der Waals surface area (Å²) in [6.45, 7) is 13.6. The number of carbonyl (C=O) groups is 1. The molecular weight excluding hydrogens is 428 g/mol. The summed E-state index contributed by atoms with van der Waals surface area (Å²) in [5, 5.41) is 17.2.